The van der Waals surface area contributed by atoms with E-state index in [4.69, 9.17) is 14.6 Å². The largest absolute Gasteiger partial charge is 0.490 e. The molecule has 0 aliphatic rings. The van der Waals surface area contributed by atoms with Crippen LogP contribution in [0, 0.1) is 12.7 Å². The van der Waals surface area contributed by atoms with E-state index in [2.05, 4.69) is 0 Å². The van der Waals surface area contributed by atoms with Gasteiger partial charge in [-0.25, -0.2) is 9.18 Å². The van der Waals surface area contributed by atoms with E-state index in [-0.39, 0.29) is 29.8 Å². The summed E-state index contributed by atoms with van der Waals surface area (Å²) >= 11 is 0. The van der Waals surface area contributed by atoms with Gasteiger partial charge >= 0.3 is 5.97 Å². The van der Waals surface area contributed by atoms with Crippen molar-refractivity contribution in [3.05, 3.63) is 58.9 Å². The highest BCUT2D eigenvalue weighted by atomic mass is 19.1. The molecular formula is C20H22FNO5. The van der Waals surface area contributed by atoms with Gasteiger partial charge in [-0.1, -0.05) is 17.7 Å². The molecule has 2 aromatic carbocycles. The number of carboxylic acids is 1. The molecule has 0 heterocycles. The molecule has 0 saturated carbocycles. The van der Waals surface area contributed by atoms with E-state index in [1.165, 1.54) is 29.2 Å². The second-order valence-electron chi connectivity index (χ2n) is 6.03. The fourth-order valence-corrected chi connectivity index (χ4v) is 2.54. The molecule has 0 fully saturated rings. The zero-order chi connectivity index (χ0) is 20.0. The number of nitrogens with zero attached hydrogens (tertiary/aromatic N) is 1. The highest BCUT2D eigenvalue weighted by molar-refractivity contribution is 5.94. The first-order chi connectivity index (χ1) is 12.8. The molecule has 0 bridgehead atoms. The Morgan fingerprint density at radius 3 is 2.52 bits per heavy atom. The zero-order valence-electron chi connectivity index (χ0n) is 15.5. The maximum atomic E-state index is 13.9. The third-order valence-corrected chi connectivity index (χ3v) is 3.80. The summed E-state index contributed by atoms with van der Waals surface area (Å²) in [5.74, 6) is -1.28. The van der Waals surface area contributed by atoms with Crippen molar-refractivity contribution in [2.24, 2.45) is 0 Å². The summed E-state index contributed by atoms with van der Waals surface area (Å²) in [7, 11) is 1.58. The molecule has 0 unspecified atom stereocenters. The predicted octanol–water partition coefficient (Wildman–Crippen LogP) is 3.27. The van der Waals surface area contributed by atoms with Crippen LogP contribution in [0.2, 0.25) is 0 Å². The summed E-state index contributed by atoms with van der Waals surface area (Å²) in [6.07, 6.45) is 0. The van der Waals surface area contributed by atoms with E-state index in [0.717, 1.165) is 5.56 Å². The summed E-state index contributed by atoms with van der Waals surface area (Å²) < 4.78 is 24.6. The first-order valence-electron chi connectivity index (χ1n) is 8.43. The van der Waals surface area contributed by atoms with Crippen LogP contribution in [0.4, 0.5) is 4.39 Å². The maximum Gasteiger partial charge on any atom is 0.341 e. The number of rotatable bonds is 8. The first-order valence-corrected chi connectivity index (χ1v) is 8.43. The van der Waals surface area contributed by atoms with Crippen LogP contribution < -0.4 is 9.47 Å². The van der Waals surface area contributed by atoms with Crippen molar-refractivity contribution in [3.63, 3.8) is 0 Å². The SMILES string of the molecule is CCOc1cc(C(=O)N(C)Cc2cc(C)ccc2F)ccc1OCC(=O)O. The van der Waals surface area contributed by atoms with Gasteiger partial charge in [-0.2, -0.15) is 0 Å². The molecule has 0 aliphatic heterocycles. The van der Waals surface area contributed by atoms with Gasteiger partial charge in [-0.05, 0) is 38.1 Å². The van der Waals surface area contributed by atoms with Crippen molar-refractivity contribution in [1.29, 1.82) is 0 Å². The second-order valence-corrected chi connectivity index (χ2v) is 6.03. The number of carbonyl (C=O) groups is 2. The molecule has 6 nitrogen and oxygen atoms in total. The Balaban J connectivity index is 2.20. The number of benzene rings is 2. The van der Waals surface area contributed by atoms with Crippen LogP contribution in [0.3, 0.4) is 0 Å². The number of carboxylic acid groups (broad SMARTS) is 1. The van der Waals surface area contributed by atoms with E-state index in [0.29, 0.717) is 17.7 Å². The number of ether oxygens (including phenoxy) is 2. The normalized spacial score (nSPS) is 10.4. The number of halogens is 1. The molecule has 0 saturated heterocycles. The summed E-state index contributed by atoms with van der Waals surface area (Å²) in [4.78, 5) is 24.8. The molecule has 0 radical (unpaired) electrons. The summed E-state index contributed by atoms with van der Waals surface area (Å²) in [5.41, 5.74) is 1.67. The van der Waals surface area contributed by atoms with Gasteiger partial charge in [0.2, 0.25) is 0 Å². The van der Waals surface area contributed by atoms with E-state index in [9.17, 15) is 14.0 Å². The summed E-state index contributed by atoms with van der Waals surface area (Å²) in [5, 5.41) is 8.74. The molecule has 7 heteroatoms. The van der Waals surface area contributed by atoms with Crippen molar-refractivity contribution in [1.82, 2.24) is 4.90 Å². The smallest absolute Gasteiger partial charge is 0.341 e. The van der Waals surface area contributed by atoms with Gasteiger partial charge in [0.15, 0.2) is 18.1 Å². The van der Waals surface area contributed by atoms with Crippen LogP contribution in [0.5, 0.6) is 11.5 Å². The molecule has 0 aromatic heterocycles. The van der Waals surface area contributed by atoms with Gasteiger partial charge in [-0.15, -0.1) is 0 Å². The zero-order valence-corrected chi connectivity index (χ0v) is 15.5. The highest BCUT2D eigenvalue weighted by Gasteiger charge is 2.17. The number of aliphatic carboxylic acids is 1. The van der Waals surface area contributed by atoms with Crippen LogP contribution in [0.25, 0.3) is 0 Å². The number of aryl methyl sites for hydroxylation is 1. The van der Waals surface area contributed by atoms with E-state index in [1.807, 2.05) is 6.92 Å². The summed E-state index contributed by atoms with van der Waals surface area (Å²) in [6, 6.07) is 9.25. The lowest BCUT2D eigenvalue weighted by molar-refractivity contribution is -0.139. The van der Waals surface area contributed by atoms with Gasteiger partial charge in [0.05, 0.1) is 6.61 Å². The molecule has 27 heavy (non-hydrogen) atoms. The van der Waals surface area contributed by atoms with Crippen molar-refractivity contribution in [2.45, 2.75) is 20.4 Å². The number of hydrogen-bond donors (Lipinski definition) is 1. The molecule has 0 atom stereocenters. The minimum Gasteiger partial charge on any atom is -0.490 e. The van der Waals surface area contributed by atoms with Gasteiger partial charge in [-0.3, -0.25) is 4.79 Å². The van der Waals surface area contributed by atoms with Crippen LogP contribution >= 0.6 is 0 Å². The van der Waals surface area contributed by atoms with Gasteiger partial charge < -0.3 is 19.5 Å². The maximum absolute atomic E-state index is 13.9. The Labute approximate surface area is 157 Å². The molecule has 144 valence electrons. The van der Waals surface area contributed by atoms with E-state index in [1.54, 1.807) is 26.1 Å². The Morgan fingerprint density at radius 1 is 1.11 bits per heavy atom. The molecule has 0 aliphatic carbocycles. The Morgan fingerprint density at radius 2 is 1.85 bits per heavy atom. The average Bonchev–Trinajstić information content (AvgIpc) is 2.63. The standard InChI is InChI=1S/C20H22FNO5/c1-4-26-18-10-14(6-8-17(18)27-12-19(23)24)20(25)22(3)11-15-9-13(2)5-7-16(15)21/h5-10H,4,11-12H2,1-3H3,(H,23,24). The molecule has 1 N–H and O–H groups in total. The monoisotopic (exact) mass is 375 g/mol. The summed E-state index contributed by atoms with van der Waals surface area (Å²) in [6.45, 7) is 3.55. The lowest BCUT2D eigenvalue weighted by atomic mass is 10.1. The lowest BCUT2D eigenvalue weighted by Gasteiger charge is -2.19. The van der Waals surface area contributed by atoms with Crippen LogP contribution in [0.1, 0.15) is 28.4 Å². The number of hydrogen-bond acceptors (Lipinski definition) is 4. The van der Waals surface area contributed by atoms with E-state index >= 15 is 0 Å². The molecule has 2 rings (SSSR count). The minimum atomic E-state index is -1.11. The third-order valence-electron chi connectivity index (χ3n) is 3.80. The number of carbonyl (C=O) groups excluding carboxylic acids is 1. The predicted molar refractivity (Wildman–Crippen MR) is 97.7 cm³/mol. The fourth-order valence-electron chi connectivity index (χ4n) is 2.54. The quantitative estimate of drug-likeness (QED) is 0.766. The average molecular weight is 375 g/mol. The van der Waals surface area contributed by atoms with Gasteiger partial charge in [0, 0.05) is 24.7 Å². The Bertz CT molecular complexity index is 837. The highest BCUT2D eigenvalue weighted by Crippen LogP contribution is 2.29. The first kappa shape index (κ1) is 20.2. The minimum absolute atomic E-state index is 0.119. The van der Waals surface area contributed by atoms with Crippen LogP contribution in [-0.2, 0) is 11.3 Å². The lowest BCUT2D eigenvalue weighted by Crippen LogP contribution is -2.26. The van der Waals surface area contributed by atoms with Crippen molar-refractivity contribution < 1.29 is 28.6 Å². The van der Waals surface area contributed by atoms with Crippen molar-refractivity contribution in [2.75, 3.05) is 20.3 Å². The molecule has 2 aromatic rings. The topological polar surface area (TPSA) is 76.1 Å². The van der Waals surface area contributed by atoms with Gasteiger partial charge in [0.1, 0.15) is 5.82 Å². The third kappa shape index (κ3) is 5.44. The molecule has 1 amide bonds. The van der Waals surface area contributed by atoms with Gasteiger partial charge in [0.25, 0.3) is 5.91 Å². The number of amides is 1. The Kier molecular flexibility index (Phi) is 6.76. The molecular weight excluding hydrogens is 353 g/mol. The Hall–Kier alpha value is -3.09. The van der Waals surface area contributed by atoms with Crippen molar-refractivity contribution >= 4 is 11.9 Å². The van der Waals surface area contributed by atoms with E-state index < -0.39 is 12.6 Å². The van der Waals surface area contributed by atoms with Crippen LogP contribution in [-0.4, -0.2) is 42.1 Å². The fraction of sp³-hybridized carbons (Fsp3) is 0.300. The second kappa shape index (κ2) is 9.02. The van der Waals surface area contributed by atoms with Crippen LogP contribution in [0.15, 0.2) is 36.4 Å². The van der Waals surface area contributed by atoms with Crippen molar-refractivity contribution in [3.8, 4) is 11.5 Å². The molecule has 0 spiro atoms.